The number of halogens is 1. The number of ether oxygens (including phenoxy) is 2. The summed E-state index contributed by atoms with van der Waals surface area (Å²) in [7, 11) is 0. The molecule has 1 atom stereocenters. The molecule has 1 aromatic carbocycles. The summed E-state index contributed by atoms with van der Waals surface area (Å²) in [5.41, 5.74) is 0.575. The van der Waals surface area contributed by atoms with Gasteiger partial charge in [0.05, 0.1) is 16.6 Å². The third-order valence-electron chi connectivity index (χ3n) is 3.56. The molecule has 20 heavy (non-hydrogen) atoms. The molecule has 5 nitrogen and oxygen atoms in total. The van der Waals surface area contributed by atoms with Gasteiger partial charge in [0.25, 0.3) is 0 Å². The van der Waals surface area contributed by atoms with Crippen LogP contribution in [0.4, 0.5) is 5.69 Å². The molecule has 2 aliphatic heterocycles. The number of amides is 1. The van der Waals surface area contributed by atoms with E-state index in [4.69, 9.17) is 21.1 Å². The topological polar surface area (TPSA) is 59.6 Å². The van der Waals surface area contributed by atoms with Crippen LogP contribution in [0.5, 0.6) is 11.5 Å². The van der Waals surface area contributed by atoms with Gasteiger partial charge in [0, 0.05) is 18.7 Å². The molecule has 0 spiro atoms. The summed E-state index contributed by atoms with van der Waals surface area (Å²) in [6, 6.07) is 3.41. The van der Waals surface area contributed by atoms with Crippen molar-refractivity contribution in [2.75, 3.05) is 31.6 Å². The number of hydrogen-bond donors (Lipinski definition) is 2. The van der Waals surface area contributed by atoms with Crippen molar-refractivity contribution in [3.05, 3.63) is 17.2 Å². The van der Waals surface area contributed by atoms with E-state index in [-0.39, 0.29) is 11.8 Å². The molecule has 1 saturated heterocycles. The van der Waals surface area contributed by atoms with Crippen LogP contribution >= 0.6 is 11.6 Å². The van der Waals surface area contributed by atoms with Crippen molar-refractivity contribution in [2.45, 2.75) is 12.8 Å². The molecule has 1 amide bonds. The zero-order valence-electron chi connectivity index (χ0n) is 11.1. The fourth-order valence-corrected chi connectivity index (χ4v) is 2.67. The van der Waals surface area contributed by atoms with Crippen LogP contribution in [0.15, 0.2) is 12.1 Å². The molecule has 0 bridgehead atoms. The second-order valence-electron chi connectivity index (χ2n) is 5.01. The Morgan fingerprint density at radius 1 is 1.30 bits per heavy atom. The molecular formula is C14H17ClN2O3. The Balaban J connectivity index is 1.74. The lowest BCUT2D eigenvalue weighted by molar-refractivity contribution is -0.120. The van der Waals surface area contributed by atoms with E-state index in [2.05, 4.69) is 10.6 Å². The highest BCUT2D eigenvalue weighted by Gasteiger charge is 2.23. The summed E-state index contributed by atoms with van der Waals surface area (Å²) in [5.74, 6) is 1.24. The van der Waals surface area contributed by atoms with Crippen molar-refractivity contribution >= 4 is 23.2 Å². The SMILES string of the molecule is O=C(Nc1cc2c(cc1Cl)OCCO2)C1CCCNC1. The molecule has 108 valence electrons. The van der Waals surface area contributed by atoms with Gasteiger partial charge in [-0.25, -0.2) is 0 Å². The van der Waals surface area contributed by atoms with Gasteiger partial charge in [-0.1, -0.05) is 11.6 Å². The van der Waals surface area contributed by atoms with E-state index in [1.54, 1.807) is 12.1 Å². The van der Waals surface area contributed by atoms with Crippen molar-refractivity contribution in [3.8, 4) is 11.5 Å². The van der Waals surface area contributed by atoms with Gasteiger partial charge in [-0.15, -0.1) is 0 Å². The van der Waals surface area contributed by atoms with Gasteiger partial charge in [0.1, 0.15) is 13.2 Å². The highest BCUT2D eigenvalue weighted by atomic mass is 35.5. The number of nitrogens with one attached hydrogen (secondary N) is 2. The van der Waals surface area contributed by atoms with Gasteiger partial charge >= 0.3 is 0 Å². The molecule has 0 saturated carbocycles. The summed E-state index contributed by atoms with van der Waals surface area (Å²) in [6.07, 6.45) is 1.92. The van der Waals surface area contributed by atoms with Crippen LogP contribution in [0.2, 0.25) is 5.02 Å². The van der Waals surface area contributed by atoms with Crippen LogP contribution < -0.4 is 20.1 Å². The maximum Gasteiger partial charge on any atom is 0.228 e. The predicted molar refractivity (Wildman–Crippen MR) is 76.7 cm³/mol. The number of carbonyl (C=O) groups excluding carboxylic acids is 1. The van der Waals surface area contributed by atoms with Crippen molar-refractivity contribution in [1.29, 1.82) is 0 Å². The molecule has 1 fully saturated rings. The second-order valence-corrected chi connectivity index (χ2v) is 5.42. The van der Waals surface area contributed by atoms with E-state index < -0.39 is 0 Å². The minimum Gasteiger partial charge on any atom is -0.486 e. The number of fused-ring (bicyclic) bond motifs is 1. The van der Waals surface area contributed by atoms with Gasteiger partial charge in [-0.05, 0) is 19.4 Å². The molecule has 1 aromatic rings. The van der Waals surface area contributed by atoms with E-state index in [9.17, 15) is 4.79 Å². The first-order valence-corrected chi connectivity index (χ1v) is 7.22. The largest absolute Gasteiger partial charge is 0.486 e. The fourth-order valence-electron chi connectivity index (χ4n) is 2.47. The number of anilines is 1. The quantitative estimate of drug-likeness (QED) is 0.877. The van der Waals surface area contributed by atoms with Gasteiger partial charge in [0.2, 0.25) is 5.91 Å². The van der Waals surface area contributed by atoms with Crippen LogP contribution in [0.25, 0.3) is 0 Å². The molecule has 2 N–H and O–H groups in total. The number of piperidine rings is 1. The number of carbonyl (C=O) groups is 1. The van der Waals surface area contributed by atoms with Gasteiger partial charge in [0.15, 0.2) is 11.5 Å². The summed E-state index contributed by atoms with van der Waals surface area (Å²) in [5, 5.41) is 6.58. The first kappa shape index (κ1) is 13.5. The zero-order chi connectivity index (χ0) is 13.9. The maximum atomic E-state index is 12.2. The van der Waals surface area contributed by atoms with Gasteiger partial charge < -0.3 is 20.1 Å². The zero-order valence-corrected chi connectivity index (χ0v) is 11.8. The Bertz CT molecular complexity index is 515. The van der Waals surface area contributed by atoms with Crippen molar-refractivity contribution < 1.29 is 14.3 Å². The first-order valence-electron chi connectivity index (χ1n) is 6.85. The highest BCUT2D eigenvalue weighted by molar-refractivity contribution is 6.34. The van der Waals surface area contributed by atoms with Gasteiger partial charge in [-0.3, -0.25) is 4.79 Å². The minimum atomic E-state index is -0.00647. The lowest BCUT2D eigenvalue weighted by atomic mass is 9.99. The lowest BCUT2D eigenvalue weighted by Gasteiger charge is -2.23. The monoisotopic (exact) mass is 296 g/mol. The Kier molecular flexibility index (Phi) is 3.98. The third-order valence-corrected chi connectivity index (χ3v) is 3.87. The van der Waals surface area contributed by atoms with E-state index in [1.165, 1.54) is 0 Å². The summed E-state index contributed by atoms with van der Waals surface area (Å²) in [4.78, 5) is 12.2. The Morgan fingerprint density at radius 2 is 2.05 bits per heavy atom. The van der Waals surface area contributed by atoms with E-state index in [0.717, 1.165) is 19.4 Å². The van der Waals surface area contributed by atoms with Crippen LogP contribution in [-0.2, 0) is 4.79 Å². The Hall–Kier alpha value is -1.46. The maximum absolute atomic E-state index is 12.2. The molecule has 0 radical (unpaired) electrons. The first-order chi connectivity index (χ1) is 9.74. The number of rotatable bonds is 2. The molecule has 1 unspecified atom stereocenters. The average Bonchev–Trinajstić information content (AvgIpc) is 2.49. The third kappa shape index (κ3) is 2.83. The Labute approximate surface area is 122 Å². The van der Waals surface area contributed by atoms with Crippen LogP contribution in [-0.4, -0.2) is 32.2 Å². The molecule has 2 heterocycles. The van der Waals surface area contributed by atoms with E-state index in [1.807, 2.05) is 0 Å². The predicted octanol–water partition coefficient (Wildman–Crippen LogP) is 2.05. The van der Waals surface area contributed by atoms with E-state index in [0.29, 0.717) is 42.0 Å². The summed E-state index contributed by atoms with van der Waals surface area (Å²) in [6.45, 7) is 2.72. The van der Waals surface area contributed by atoms with Crippen molar-refractivity contribution in [2.24, 2.45) is 5.92 Å². The van der Waals surface area contributed by atoms with Crippen LogP contribution in [0.3, 0.4) is 0 Å². The minimum absolute atomic E-state index is 0.00391. The fraction of sp³-hybridized carbons (Fsp3) is 0.500. The number of hydrogen-bond acceptors (Lipinski definition) is 4. The normalized spacial score (nSPS) is 21.4. The summed E-state index contributed by atoms with van der Waals surface area (Å²) < 4.78 is 10.9. The van der Waals surface area contributed by atoms with Crippen molar-refractivity contribution in [3.63, 3.8) is 0 Å². The molecule has 0 aliphatic carbocycles. The van der Waals surface area contributed by atoms with Gasteiger partial charge in [-0.2, -0.15) is 0 Å². The molecule has 6 heteroatoms. The lowest BCUT2D eigenvalue weighted by Crippen LogP contribution is -2.37. The smallest absolute Gasteiger partial charge is 0.228 e. The second kappa shape index (κ2) is 5.89. The molecule has 0 aromatic heterocycles. The van der Waals surface area contributed by atoms with E-state index >= 15 is 0 Å². The Morgan fingerprint density at radius 3 is 2.75 bits per heavy atom. The van der Waals surface area contributed by atoms with Crippen LogP contribution in [0, 0.1) is 5.92 Å². The molecule has 2 aliphatic rings. The molecular weight excluding hydrogens is 280 g/mol. The van der Waals surface area contributed by atoms with Crippen LogP contribution in [0.1, 0.15) is 12.8 Å². The molecule has 3 rings (SSSR count). The average molecular weight is 297 g/mol. The highest BCUT2D eigenvalue weighted by Crippen LogP contribution is 2.38. The summed E-state index contributed by atoms with van der Waals surface area (Å²) >= 11 is 6.18. The van der Waals surface area contributed by atoms with Crippen molar-refractivity contribution in [1.82, 2.24) is 5.32 Å². The number of benzene rings is 1. The standard InChI is InChI=1S/C14H17ClN2O3/c15-10-6-12-13(20-5-4-19-12)7-11(10)17-14(18)9-2-1-3-16-8-9/h6-7,9,16H,1-5,8H2,(H,17,18).